The summed E-state index contributed by atoms with van der Waals surface area (Å²) in [7, 11) is -4.26. The zero-order valence-electron chi connectivity index (χ0n) is 17.4. The van der Waals surface area contributed by atoms with E-state index in [4.69, 9.17) is 8.83 Å². The van der Waals surface area contributed by atoms with E-state index in [2.05, 4.69) is 5.32 Å². The number of hydrogen-bond donors (Lipinski definition) is 1. The molecule has 33 heavy (non-hydrogen) atoms. The molecule has 1 aliphatic rings. The number of rotatable bonds is 6. The molecule has 1 atom stereocenters. The minimum atomic E-state index is -4.26. The van der Waals surface area contributed by atoms with Crippen LogP contribution in [0.15, 0.2) is 80.9 Å². The molecule has 10 nitrogen and oxygen atoms in total. The lowest BCUT2D eigenvalue weighted by molar-refractivity contribution is -0.132. The molecule has 1 aromatic carbocycles. The van der Waals surface area contributed by atoms with Gasteiger partial charge in [-0.3, -0.25) is 14.4 Å². The van der Waals surface area contributed by atoms with Gasteiger partial charge in [-0.2, -0.15) is 0 Å². The lowest BCUT2D eigenvalue weighted by atomic mass is 10.2. The Hall–Kier alpha value is -3.86. The Labute approximate surface area is 189 Å². The van der Waals surface area contributed by atoms with E-state index >= 15 is 0 Å². The van der Waals surface area contributed by atoms with Crippen molar-refractivity contribution in [3.05, 3.63) is 78.6 Å². The molecule has 1 N–H and O–H groups in total. The van der Waals surface area contributed by atoms with Crippen LogP contribution in [0.1, 0.15) is 21.1 Å². The van der Waals surface area contributed by atoms with Crippen molar-refractivity contribution in [3.8, 4) is 0 Å². The van der Waals surface area contributed by atoms with Gasteiger partial charge in [0.25, 0.3) is 17.7 Å². The SMILES string of the molecule is O=C(N[C@H](C(=O)N1CCN(C(=O)c2ccco2)CC1)S(=O)(=O)c1ccccc1)c1ccco1. The lowest BCUT2D eigenvalue weighted by Gasteiger charge is -2.36. The first-order valence-electron chi connectivity index (χ1n) is 10.1. The van der Waals surface area contributed by atoms with Crippen molar-refractivity contribution in [1.29, 1.82) is 0 Å². The molecule has 0 bridgehead atoms. The van der Waals surface area contributed by atoms with Gasteiger partial charge in [0.15, 0.2) is 11.5 Å². The summed E-state index contributed by atoms with van der Waals surface area (Å²) >= 11 is 0. The highest BCUT2D eigenvalue weighted by Gasteiger charge is 2.40. The van der Waals surface area contributed by atoms with E-state index in [-0.39, 0.29) is 48.5 Å². The fourth-order valence-corrected chi connectivity index (χ4v) is 4.95. The largest absolute Gasteiger partial charge is 0.459 e. The second kappa shape index (κ2) is 9.33. The summed E-state index contributed by atoms with van der Waals surface area (Å²) in [5.74, 6) is -1.87. The number of carbonyl (C=O) groups excluding carboxylic acids is 3. The fourth-order valence-electron chi connectivity index (χ4n) is 3.47. The molecule has 1 aliphatic heterocycles. The predicted molar refractivity (Wildman–Crippen MR) is 115 cm³/mol. The summed E-state index contributed by atoms with van der Waals surface area (Å²) in [5, 5.41) is 0.448. The molecule has 0 saturated carbocycles. The third-order valence-corrected chi connectivity index (χ3v) is 7.09. The maximum Gasteiger partial charge on any atom is 0.289 e. The molecule has 3 aromatic rings. The van der Waals surface area contributed by atoms with Crippen molar-refractivity contribution in [2.45, 2.75) is 10.3 Å². The zero-order valence-corrected chi connectivity index (χ0v) is 18.2. The van der Waals surface area contributed by atoms with Crippen LogP contribution >= 0.6 is 0 Å². The third kappa shape index (κ3) is 4.67. The van der Waals surface area contributed by atoms with Crippen molar-refractivity contribution < 1.29 is 31.6 Å². The van der Waals surface area contributed by atoms with E-state index in [0.29, 0.717) is 0 Å². The molecule has 4 rings (SSSR count). The monoisotopic (exact) mass is 471 g/mol. The molecule has 2 aromatic heterocycles. The molecule has 3 heterocycles. The Kier molecular flexibility index (Phi) is 6.31. The van der Waals surface area contributed by atoms with Gasteiger partial charge >= 0.3 is 0 Å². The first-order chi connectivity index (χ1) is 15.9. The summed E-state index contributed by atoms with van der Waals surface area (Å²) < 4.78 is 36.7. The Balaban J connectivity index is 1.53. The number of nitrogens with zero attached hydrogens (tertiary/aromatic N) is 2. The Morgan fingerprint density at radius 1 is 0.788 bits per heavy atom. The highest BCUT2D eigenvalue weighted by Crippen LogP contribution is 2.18. The highest BCUT2D eigenvalue weighted by atomic mass is 32.2. The van der Waals surface area contributed by atoms with Gasteiger partial charge in [-0.25, -0.2) is 8.42 Å². The van der Waals surface area contributed by atoms with Gasteiger partial charge in [0, 0.05) is 26.2 Å². The van der Waals surface area contributed by atoms with Crippen molar-refractivity contribution in [1.82, 2.24) is 15.1 Å². The van der Waals surface area contributed by atoms with E-state index < -0.39 is 27.0 Å². The molecule has 0 aliphatic carbocycles. The Bertz CT molecular complexity index is 1210. The number of nitrogens with one attached hydrogen (secondary N) is 1. The van der Waals surface area contributed by atoms with E-state index in [9.17, 15) is 22.8 Å². The fraction of sp³-hybridized carbons (Fsp3) is 0.227. The molecule has 3 amide bonds. The van der Waals surface area contributed by atoms with E-state index in [1.54, 1.807) is 18.2 Å². The number of furan rings is 2. The van der Waals surface area contributed by atoms with E-state index in [1.807, 2.05) is 0 Å². The Morgan fingerprint density at radius 3 is 1.94 bits per heavy atom. The van der Waals surface area contributed by atoms with E-state index in [0.717, 1.165) is 0 Å². The van der Waals surface area contributed by atoms with Crippen LogP contribution in [0.5, 0.6) is 0 Å². The molecule has 0 spiro atoms. The molecule has 0 radical (unpaired) electrons. The molecule has 1 fully saturated rings. The van der Waals surface area contributed by atoms with Crippen LogP contribution in [0.3, 0.4) is 0 Å². The van der Waals surface area contributed by atoms with E-state index in [1.165, 1.54) is 58.7 Å². The second-order valence-electron chi connectivity index (χ2n) is 7.28. The highest BCUT2D eigenvalue weighted by molar-refractivity contribution is 7.92. The standard InChI is InChI=1S/C22H21N3O7S/c26-19(17-8-4-14-31-17)23-20(33(29,30)16-6-2-1-3-7-16)22(28)25-12-10-24(11-13-25)21(27)18-9-5-15-32-18/h1-9,14-15,20H,10-13H2,(H,23,26)/t20-/m0/s1. The first kappa shape index (κ1) is 22.3. The molecule has 11 heteroatoms. The summed E-state index contributed by atoms with van der Waals surface area (Å²) in [6.07, 6.45) is 2.67. The van der Waals surface area contributed by atoms with Gasteiger partial charge in [-0.1, -0.05) is 18.2 Å². The summed E-state index contributed by atoms with van der Waals surface area (Å²) in [5.41, 5.74) is 0. The quantitative estimate of drug-likeness (QED) is 0.575. The smallest absolute Gasteiger partial charge is 0.289 e. The van der Waals surface area contributed by atoms with Crippen LogP contribution in [-0.4, -0.2) is 67.5 Å². The van der Waals surface area contributed by atoms with Crippen LogP contribution in [0.2, 0.25) is 0 Å². The van der Waals surface area contributed by atoms with Gasteiger partial charge in [-0.15, -0.1) is 0 Å². The molecule has 172 valence electrons. The minimum absolute atomic E-state index is 0.0999. The average molecular weight is 471 g/mol. The second-order valence-corrected chi connectivity index (χ2v) is 9.32. The number of carbonyl (C=O) groups is 3. The van der Waals surface area contributed by atoms with Crippen LogP contribution in [0.25, 0.3) is 0 Å². The first-order valence-corrected chi connectivity index (χ1v) is 11.7. The zero-order chi connectivity index (χ0) is 23.4. The topological polar surface area (TPSA) is 130 Å². The number of amides is 3. The molecular formula is C22H21N3O7S. The van der Waals surface area contributed by atoms with Crippen molar-refractivity contribution in [2.24, 2.45) is 0 Å². The number of sulfone groups is 1. The normalized spacial score (nSPS) is 15.2. The minimum Gasteiger partial charge on any atom is -0.459 e. The van der Waals surface area contributed by atoms with Crippen LogP contribution in [-0.2, 0) is 14.6 Å². The number of piperazine rings is 1. The van der Waals surface area contributed by atoms with Crippen molar-refractivity contribution >= 4 is 27.6 Å². The number of hydrogen-bond acceptors (Lipinski definition) is 7. The third-order valence-electron chi connectivity index (χ3n) is 5.22. The summed E-state index contributed by atoms with van der Waals surface area (Å²) in [6.45, 7) is 0.580. The van der Waals surface area contributed by atoms with Crippen molar-refractivity contribution in [2.75, 3.05) is 26.2 Å². The van der Waals surface area contributed by atoms with Crippen LogP contribution in [0, 0.1) is 0 Å². The van der Waals surface area contributed by atoms with Crippen LogP contribution < -0.4 is 5.32 Å². The van der Waals surface area contributed by atoms with Crippen molar-refractivity contribution in [3.63, 3.8) is 0 Å². The summed E-state index contributed by atoms with van der Waals surface area (Å²) in [4.78, 5) is 41.1. The number of benzene rings is 1. The van der Waals surface area contributed by atoms with Gasteiger partial charge < -0.3 is 24.0 Å². The van der Waals surface area contributed by atoms with Gasteiger partial charge in [-0.05, 0) is 36.4 Å². The molecule has 1 saturated heterocycles. The lowest BCUT2D eigenvalue weighted by Crippen LogP contribution is -2.57. The molecule has 0 unspecified atom stereocenters. The maximum atomic E-state index is 13.3. The average Bonchev–Trinajstić information content (AvgIpc) is 3.57. The molecular weight excluding hydrogens is 450 g/mol. The summed E-state index contributed by atoms with van der Waals surface area (Å²) in [6, 6.07) is 13.4. The predicted octanol–water partition coefficient (Wildman–Crippen LogP) is 1.39. The van der Waals surface area contributed by atoms with Gasteiger partial charge in [0.2, 0.25) is 15.2 Å². The van der Waals surface area contributed by atoms with Crippen LogP contribution in [0.4, 0.5) is 0 Å². The Morgan fingerprint density at radius 2 is 1.36 bits per heavy atom. The van der Waals surface area contributed by atoms with Gasteiger partial charge in [0.1, 0.15) is 0 Å². The maximum absolute atomic E-state index is 13.3. The van der Waals surface area contributed by atoms with Gasteiger partial charge in [0.05, 0.1) is 17.4 Å².